The number of aryl methyl sites for hydroxylation is 1. The Morgan fingerprint density at radius 3 is 2.21 bits per heavy atom. The highest BCUT2D eigenvalue weighted by Gasteiger charge is 2.21. The van der Waals surface area contributed by atoms with Crippen molar-refractivity contribution in [3.05, 3.63) is 53.6 Å². The molecular formula is C19H25NO3S. The van der Waals surface area contributed by atoms with Crippen LogP contribution in [0.25, 0.3) is 0 Å². The van der Waals surface area contributed by atoms with Crippen molar-refractivity contribution in [1.29, 1.82) is 0 Å². The van der Waals surface area contributed by atoms with Crippen molar-refractivity contribution in [3.8, 4) is 5.75 Å². The summed E-state index contributed by atoms with van der Waals surface area (Å²) < 4.78 is 33.6. The fourth-order valence-electron chi connectivity index (χ4n) is 2.35. The molecule has 0 fully saturated rings. The van der Waals surface area contributed by atoms with E-state index in [1.54, 1.807) is 37.3 Å². The molecule has 0 aromatic heterocycles. The summed E-state index contributed by atoms with van der Waals surface area (Å²) in [4.78, 5) is 0.309. The fourth-order valence-corrected chi connectivity index (χ4v) is 3.68. The first-order chi connectivity index (χ1) is 11.1. The normalized spacial score (nSPS) is 12.0. The molecule has 4 nitrogen and oxygen atoms in total. The monoisotopic (exact) mass is 347 g/mol. The van der Waals surface area contributed by atoms with E-state index in [-0.39, 0.29) is 5.41 Å². The first kappa shape index (κ1) is 18.3. The van der Waals surface area contributed by atoms with Gasteiger partial charge in [0.2, 0.25) is 0 Å². The van der Waals surface area contributed by atoms with E-state index in [9.17, 15) is 8.42 Å². The minimum atomic E-state index is -3.64. The van der Waals surface area contributed by atoms with E-state index in [0.717, 1.165) is 11.1 Å². The molecule has 1 N–H and O–H groups in total. The van der Waals surface area contributed by atoms with Gasteiger partial charge in [-0.1, -0.05) is 32.9 Å². The molecule has 2 rings (SSSR count). The topological polar surface area (TPSA) is 55.4 Å². The number of benzene rings is 2. The van der Waals surface area contributed by atoms with Crippen LogP contribution in [0.1, 0.15) is 38.8 Å². The number of ether oxygens (including phenoxy) is 1. The Hall–Kier alpha value is -2.01. The van der Waals surface area contributed by atoms with E-state index >= 15 is 0 Å². The van der Waals surface area contributed by atoms with Gasteiger partial charge in [-0.2, -0.15) is 0 Å². The van der Waals surface area contributed by atoms with Crippen LogP contribution in [-0.2, 0) is 15.4 Å². The third-order valence-electron chi connectivity index (χ3n) is 3.76. The van der Waals surface area contributed by atoms with Crippen molar-refractivity contribution in [2.24, 2.45) is 0 Å². The average molecular weight is 347 g/mol. The van der Waals surface area contributed by atoms with Crippen molar-refractivity contribution in [2.75, 3.05) is 11.3 Å². The van der Waals surface area contributed by atoms with E-state index in [2.05, 4.69) is 25.5 Å². The van der Waals surface area contributed by atoms with Gasteiger partial charge in [-0.3, -0.25) is 4.72 Å². The number of anilines is 1. The standard InChI is InChI=1S/C19H25NO3S/c1-6-23-17-11-9-16(10-12-17)20-24(21,22)18-13-15(19(3,4)5)8-7-14(18)2/h7-13,20H,6H2,1-5H3. The summed E-state index contributed by atoms with van der Waals surface area (Å²) in [6, 6.07) is 12.5. The van der Waals surface area contributed by atoms with Crippen LogP contribution in [0, 0.1) is 6.92 Å². The summed E-state index contributed by atoms with van der Waals surface area (Å²) in [5.41, 5.74) is 2.11. The Morgan fingerprint density at radius 1 is 1.04 bits per heavy atom. The molecule has 0 saturated heterocycles. The number of hydrogen-bond donors (Lipinski definition) is 1. The van der Waals surface area contributed by atoms with E-state index in [0.29, 0.717) is 22.9 Å². The zero-order chi connectivity index (χ0) is 18.0. The smallest absolute Gasteiger partial charge is 0.262 e. The highest BCUT2D eigenvalue weighted by atomic mass is 32.2. The lowest BCUT2D eigenvalue weighted by Crippen LogP contribution is -2.17. The van der Waals surface area contributed by atoms with Gasteiger partial charge in [-0.15, -0.1) is 0 Å². The predicted octanol–water partition coefficient (Wildman–Crippen LogP) is 4.49. The number of rotatable bonds is 5. The molecule has 0 unspecified atom stereocenters. The van der Waals surface area contributed by atoms with E-state index < -0.39 is 10.0 Å². The molecule has 0 aliphatic carbocycles. The Bertz CT molecular complexity index is 803. The Kier molecular flexibility index (Phi) is 5.23. The SMILES string of the molecule is CCOc1ccc(NS(=O)(=O)c2cc(C(C)(C)C)ccc2C)cc1. The van der Waals surface area contributed by atoms with Crippen LogP contribution in [0.5, 0.6) is 5.75 Å². The van der Waals surface area contributed by atoms with Gasteiger partial charge in [0.25, 0.3) is 10.0 Å². The molecular weight excluding hydrogens is 322 g/mol. The molecule has 0 spiro atoms. The summed E-state index contributed by atoms with van der Waals surface area (Å²) in [6.07, 6.45) is 0. The van der Waals surface area contributed by atoms with Gasteiger partial charge in [0.1, 0.15) is 5.75 Å². The maximum Gasteiger partial charge on any atom is 0.262 e. The number of nitrogens with one attached hydrogen (secondary N) is 1. The lowest BCUT2D eigenvalue weighted by molar-refractivity contribution is 0.340. The Morgan fingerprint density at radius 2 is 1.67 bits per heavy atom. The minimum absolute atomic E-state index is 0.114. The van der Waals surface area contributed by atoms with Gasteiger partial charge < -0.3 is 4.74 Å². The van der Waals surface area contributed by atoms with Gasteiger partial charge in [0.05, 0.1) is 11.5 Å². The molecule has 2 aromatic carbocycles. The molecule has 0 bridgehead atoms. The van der Waals surface area contributed by atoms with Crippen LogP contribution in [0.15, 0.2) is 47.4 Å². The van der Waals surface area contributed by atoms with Crippen molar-refractivity contribution >= 4 is 15.7 Å². The predicted molar refractivity (Wildman–Crippen MR) is 98.3 cm³/mol. The van der Waals surface area contributed by atoms with Crippen molar-refractivity contribution in [3.63, 3.8) is 0 Å². The number of sulfonamides is 1. The quantitative estimate of drug-likeness (QED) is 0.867. The summed E-state index contributed by atoms with van der Waals surface area (Å²) in [7, 11) is -3.64. The summed E-state index contributed by atoms with van der Waals surface area (Å²) >= 11 is 0. The summed E-state index contributed by atoms with van der Waals surface area (Å²) in [6.45, 7) is 10.5. The van der Waals surface area contributed by atoms with Crippen molar-refractivity contribution < 1.29 is 13.2 Å². The van der Waals surface area contributed by atoms with Gasteiger partial charge in [-0.25, -0.2) is 8.42 Å². The minimum Gasteiger partial charge on any atom is -0.494 e. The van der Waals surface area contributed by atoms with Crippen LogP contribution in [0.4, 0.5) is 5.69 Å². The summed E-state index contributed by atoms with van der Waals surface area (Å²) in [5.74, 6) is 0.714. The van der Waals surface area contributed by atoms with Gasteiger partial charge in [-0.05, 0) is 60.7 Å². The summed E-state index contributed by atoms with van der Waals surface area (Å²) in [5, 5.41) is 0. The van der Waals surface area contributed by atoms with Crippen molar-refractivity contribution in [2.45, 2.75) is 44.9 Å². The Balaban J connectivity index is 2.33. The average Bonchev–Trinajstić information content (AvgIpc) is 2.48. The van der Waals surface area contributed by atoms with Gasteiger partial charge >= 0.3 is 0 Å². The van der Waals surface area contributed by atoms with Gasteiger partial charge in [0, 0.05) is 5.69 Å². The van der Waals surface area contributed by atoms with Crippen LogP contribution in [-0.4, -0.2) is 15.0 Å². The third kappa shape index (κ3) is 4.29. The maximum absolute atomic E-state index is 12.8. The molecule has 0 radical (unpaired) electrons. The second-order valence-corrected chi connectivity index (χ2v) is 8.44. The fraction of sp³-hybridized carbons (Fsp3) is 0.368. The molecule has 5 heteroatoms. The number of hydrogen-bond acceptors (Lipinski definition) is 3. The second kappa shape index (κ2) is 6.85. The molecule has 0 amide bonds. The highest BCUT2D eigenvalue weighted by Crippen LogP contribution is 2.28. The van der Waals surface area contributed by atoms with Crippen LogP contribution in [0.3, 0.4) is 0 Å². The molecule has 0 heterocycles. The molecule has 2 aromatic rings. The van der Waals surface area contributed by atoms with Crippen LogP contribution in [0.2, 0.25) is 0 Å². The van der Waals surface area contributed by atoms with Crippen LogP contribution < -0.4 is 9.46 Å². The molecule has 0 aliphatic rings. The first-order valence-corrected chi connectivity index (χ1v) is 9.48. The van der Waals surface area contributed by atoms with Crippen LogP contribution >= 0.6 is 0 Å². The molecule has 130 valence electrons. The second-order valence-electron chi connectivity index (χ2n) is 6.79. The van der Waals surface area contributed by atoms with E-state index in [1.807, 2.05) is 19.1 Å². The zero-order valence-electron chi connectivity index (χ0n) is 14.9. The molecule has 0 aliphatic heterocycles. The largest absolute Gasteiger partial charge is 0.494 e. The highest BCUT2D eigenvalue weighted by molar-refractivity contribution is 7.92. The van der Waals surface area contributed by atoms with Gasteiger partial charge in [0.15, 0.2) is 0 Å². The molecule has 24 heavy (non-hydrogen) atoms. The molecule has 0 atom stereocenters. The zero-order valence-corrected chi connectivity index (χ0v) is 15.7. The first-order valence-electron chi connectivity index (χ1n) is 8.00. The lowest BCUT2D eigenvalue weighted by atomic mass is 9.87. The van der Waals surface area contributed by atoms with E-state index in [1.165, 1.54) is 0 Å². The lowest BCUT2D eigenvalue weighted by Gasteiger charge is -2.21. The molecule has 0 saturated carbocycles. The van der Waals surface area contributed by atoms with E-state index in [4.69, 9.17) is 4.74 Å². The maximum atomic E-state index is 12.8. The van der Waals surface area contributed by atoms with Crippen molar-refractivity contribution in [1.82, 2.24) is 0 Å². The Labute approximate surface area is 144 Å². The third-order valence-corrected chi connectivity index (χ3v) is 5.28.